The van der Waals surface area contributed by atoms with E-state index < -0.39 is 5.60 Å². The number of ether oxygens (including phenoxy) is 4. The molecular weight excluding hydrogens is 396 g/mol. The third-order valence-corrected chi connectivity index (χ3v) is 5.18. The molecule has 2 aliphatic heterocycles. The highest BCUT2D eigenvalue weighted by molar-refractivity contribution is 5.68. The van der Waals surface area contributed by atoms with Gasteiger partial charge in [0.1, 0.15) is 11.4 Å². The van der Waals surface area contributed by atoms with Gasteiger partial charge in [-0.25, -0.2) is 4.79 Å². The predicted molar refractivity (Wildman–Crippen MR) is 119 cm³/mol. The Morgan fingerprint density at radius 3 is 2.45 bits per heavy atom. The Labute approximate surface area is 184 Å². The van der Waals surface area contributed by atoms with Crippen LogP contribution in [0.4, 0.5) is 4.79 Å². The number of piperazine rings is 1. The summed E-state index contributed by atoms with van der Waals surface area (Å²) in [5.41, 5.74) is 1.49. The lowest BCUT2D eigenvalue weighted by Gasteiger charge is -2.40. The molecule has 3 rings (SSSR count). The standard InChI is InChI=1S/C24H32N2O5/c1-7-18(14-17(2)28-6)22(19-8-9-20-21(15-19)30-16-29-20)25-10-12-26(13-11-25)23(27)31-24(3,4)5/h7-9,14-15,22H,1-2,10-13,16H2,3-6H3. The van der Waals surface area contributed by atoms with E-state index >= 15 is 0 Å². The Hall–Kier alpha value is -2.93. The third kappa shape index (κ3) is 5.61. The van der Waals surface area contributed by atoms with Crippen molar-refractivity contribution in [3.8, 4) is 11.5 Å². The SMILES string of the molecule is C=CC(=CC(=C)OC)C(c1ccc2c(c1)OCO2)N1CCN(C(=O)OC(C)(C)C)CC1. The second-order valence-electron chi connectivity index (χ2n) is 8.54. The minimum atomic E-state index is -0.511. The minimum Gasteiger partial charge on any atom is -0.497 e. The highest BCUT2D eigenvalue weighted by Gasteiger charge is 2.31. The summed E-state index contributed by atoms with van der Waals surface area (Å²) in [7, 11) is 1.59. The minimum absolute atomic E-state index is 0.0975. The summed E-state index contributed by atoms with van der Waals surface area (Å²) in [5, 5.41) is 0. The van der Waals surface area contributed by atoms with Crippen molar-refractivity contribution >= 4 is 6.09 Å². The summed E-state index contributed by atoms with van der Waals surface area (Å²) < 4.78 is 21.9. The normalized spacial score (nSPS) is 17.8. The van der Waals surface area contributed by atoms with Crippen LogP contribution in [-0.4, -0.2) is 61.6 Å². The van der Waals surface area contributed by atoms with Gasteiger partial charge in [-0.1, -0.05) is 25.3 Å². The Bertz CT molecular complexity index is 863. The Kier molecular flexibility index (Phi) is 6.95. The number of rotatable bonds is 6. The molecule has 1 fully saturated rings. The van der Waals surface area contributed by atoms with Gasteiger partial charge in [-0.3, -0.25) is 4.90 Å². The number of benzene rings is 1. The number of nitrogens with zero attached hydrogens (tertiary/aromatic N) is 2. The van der Waals surface area contributed by atoms with Gasteiger partial charge in [0.25, 0.3) is 0 Å². The first-order valence-corrected chi connectivity index (χ1v) is 10.4. The van der Waals surface area contributed by atoms with Crippen LogP contribution in [0.25, 0.3) is 0 Å². The van der Waals surface area contributed by atoms with Gasteiger partial charge in [0.2, 0.25) is 6.79 Å². The van der Waals surface area contributed by atoms with E-state index in [1.807, 2.05) is 51.1 Å². The number of fused-ring (bicyclic) bond motifs is 1. The second kappa shape index (κ2) is 9.47. The molecule has 1 amide bonds. The Morgan fingerprint density at radius 2 is 1.84 bits per heavy atom. The van der Waals surface area contributed by atoms with Crippen molar-refractivity contribution in [1.29, 1.82) is 0 Å². The monoisotopic (exact) mass is 428 g/mol. The first kappa shape index (κ1) is 22.7. The predicted octanol–water partition coefficient (Wildman–Crippen LogP) is 4.28. The maximum atomic E-state index is 12.5. The molecule has 0 aliphatic carbocycles. The number of allylic oxidation sites excluding steroid dienone is 1. The maximum Gasteiger partial charge on any atom is 0.410 e. The van der Waals surface area contributed by atoms with Gasteiger partial charge in [-0.05, 0) is 50.1 Å². The number of methoxy groups -OCH3 is 1. The fraction of sp³-hybridized carbons (Fsp3) is 0.458. The van der Waals surface area contributed by atoms with Crippen LogP contribution in [0, 0.1) is 0 Å². The van der Waals surface area contributed by atoms with Crippen molar-refractivity contribution < 1.29 is 23.7 Å². The van der Waals surface area contributed by atoms with Crippen molar-refractivity contribution in [1.82, 2.24) is 9.80 Å². The lowest BCUT2D eigenvalue weighted by atomic mass is 9.95. The molecule has 1 unspecified atom stereocenters. The van der Waals surface area contributed by atoms with E-state index in [0.717, 1.165) is 22.6 Å². The number of carbonyl (C=O) groups is 1. The van der Waals surface area contributed by atoms with Gasteiger partial charge < -0.3 is 23.8 Å². The van der Waals surface area contributed by atoms with Crippen LogP contribution in [0.3, 0.4) is 0 Å². The topological polar surface area (TPSA) is 60.5 Å². The lowest BCUT2D eigenvalue weighted by Crippen LogP contribution is -2.51. The van der Waals surface area contributed by atoms with E-state index in [1.54, 1.807) is 12.0 Å². The zero-order valence-electron chi connectivity index (χ0n) is 18.8. The maximum absolute atomic E-state index is 12.5. The Balaban J connectivity index is 1.84. The molecule has 0 N–H and O–H groups in total. The van der Waals surface area contributed by atoms with Crippen LogP contribution in [-0.2, 0) is 9.47 Å². The molecule has 31 heavy (non-hydrogen) atoms. The molecule has 0 radical (unpaired) electrons. The van der Waals surface area contributed by atoms with E-state index in [2.05, 4.69) is 18.1 Å². The van der Waals surface area contributed by atoms with Crippen LogP contribution in [0.2, 0.25) is 0 Å². The smallest absolute Gasteiger partial charge is 0.410 e. The fourth-order valence-electron chi connectivity index (χ4n) is 3.68. The lowest BCUT2D eigenvalue weighted by molar-refractivity contribution is 0.0119. The summed E-state index contributed by atoms with van der Waals surface area (Å²) >= 11 is 0. The first-order chi connectivity index (χ1) is 14.7. The molecule has 168 valence electrons. The molecule has 2 heterocycles. The number of amides is 1. The highest BCUT2D eigenvalue weighted by Crippen LogP contribution is 2.38. The van der Waals surface area contributed by atoms with Gasteiger partial charge >= 0.3 is 6.09 Å². The van der Waals surface area contributed by atoms with Crippen LogP contribution in [0.15, 0.2) is 54.8 Å². The van der Waals surface area contributed by atoms with Crippen LogP contribution >= 0.6 is 0 Å². The van der Waals surface area contributed by atoms with E-state index in [0.29, 0.717) is 31.9 Å². The zero-order chi connectivity index (χ0) is 22.6. The van der Waals surface area contributed by atoms with Gasteiger partial charge in [0.05, 0.1) is 13.2 Å². The quantitative estimate of drug-likeness (QED) is 0.498. The summed E-state index contributed by atoms with van der Waals surface area (Å²) in [4.78, 5) is 16.5. The molecule has 0 spiro atoms. The fourth-order valence-corrected chi connectivity index (χ4v) is 3.68. The average molecular weight is 429 g/mol. The molecule has 0 aromatic heterocycles. The molecule has 1 saturated heterocycles. The summed E-state index contributed by atoms with van der Waals surface area (Å²) in [5.74, 6) is 2.01. The molecule has 7 nitrogen and oxygen atoms in total. The average Bonchev–Trinajstić information content (AvgIpc) is 3.20. The van der Waals surface area contributed by atoms with Gasteiger partial charge in [0.15, 0.2) is 11.5 Å². The van der Waals surface area contributed by atoms with Crippen molar-refractivity contribution in [2.24, 2.45) is 0 Å². The van der Waals surface area contributed by atoms with Crippen molar-refractivity contribution in [3.05, 3.63) is 60.4 Å². The first-order valence-electron chi connectivity index (χ1n) is 10.4. The third-order valence-electron chi connectivity index (χ3n) is 5.18. The molecular formula is C24H32N2O5. The number of carbonyl (C=O) groups excluding carboxylic acids is 1. The molecule has 0 saturated carbocycles. The largest absolute Gasteiger partial charge is 0.497 e. The van der Waals surface area contributed by atoms with Crippen LogP contribution in [0.1, 0.15) is 32.4 Å². The van der Waals surface area contributed by atoms with Crippen molar-refractivity contribution in [3.63, 3.8) is 0 Å². The van der Waals surface area contributed by atoms with Gasteiger partial charge in [0, 0.05) is 26.2 Å². The molecule has 1 aromatic carbocycles. The summed E-state index contributed by atoms with van der Waals surface area (Å²) in [6, 6.07) is 5.86. The molecule has 2 aliphatic rings. The molecule has 0 bridgehead atoms. The van der Waals surface area contributed by atoms with Crippen LogP contribution in [0.5, 0.6) is 11.5 Å². The molecule has 1 aromatic rings. The Morgan fingerprint density at radius 1 is 1.16 bits per heavy atom. The van der Waals surface area contributed by atoms with E-state index in [9.17, 15) is 4.79 Å². The second-order valence-corrected chi connectivity index (χ2v) is 8.54. The van der Waals surface area contributed by atoms with E-state index in [4.69, 9.17) is 18.9 Å². The van der Waals surface area contributed by atoms with Gasteiger partial charge in [-0.2, -0.15) is 0 Å². The van der Waals surface area contributed by atoms with Gasteiger partial charge in [-0.15, -0.1) is 0 Å². The molecule has 1 atom stereocenters. The number of hydrogen-bond acceptors (Lipinski definition) is 6. The summed E-state index contributed by atoms with van der Waals surface area (Å²) in [6.45, 7) is 16.3. The van der Waals surface area contributed by atoms with E-state index in [1.165, 1.54) is 0 Å². The van der Waals surface area contributed by atoms with E-state index in [-0.39, 0.29) is 18.9 Å². The van der Waals surface area contributed by atoms with Crippen LogP contribution < -0.4 is 9.47 Å². The summed E-state index contributed by atoms with van der Waals surface area (Å²) in [6.07, 6.45) is 3.43. The number of hydrogen-bond donors (Lipinski definition) is 0. The zero-order valence-corrected chi connectivity index (χ0v) is 18.8. The van der Waals surface area contributed by atoms with Crippen molar-refractivity contribution in [2.75, 3.05) is 40.1 Å². The highest BCUT2D eigenvalue weighted by atomic mass is 16.7. The molecule has 7 heteroatoms. The van der Waals surface area contributed by atoms with Crippen molar-refractivity contribution in [2.45, 2.75) is 32.4 Å².